The quantitative estimate of drug-likeness (QED) is 0.415. The summed E-state index contributed by atoms with van der Waals surface area (Å²) in [5, 5.41) is 17.7. The van der Waals surface area contributed by atoms with Gasteiger partial charge >= 0.3 is 5.69 Å². The second-order valence-electron chi connectivity index (χ2n) is 3.47. The molecular formula is C9H11N7O2. The van der Waals surface area contributed by atoms with E-state index < -0.39 is 4.92 Å². The lowest BCUT2D eigenvalue weighted by Gasteiger charge is -2.05. The number of hydrazine groups is 1. The third-order valence-corrected chi connectivity index (χ3v) is 2.18. The van der Waals surface area contributed by atoms with Crippen LogP contribution in [0.3, 0.4) is 0 Å². The van der Waals surface area contributed by atoms with Crippen LogP contribution in [-0.4, -0.2) is 19.7 Å². The molecule has 0 aliphatic rings. The van der Waals surface area contributed by atoms with Gasteiger partial charge in [0.2, 0.25) is 5.82 Å². The van der Waals surface area contributed by atoms with Gasteiger partial charge in [-0.1, -0.05) is 0 Å². The highest BCUT2D eigenvalue weighted by atomic mass is 16.6. The van der Waals surface area contributed by atoms with Crippen LogP contribution in [0.4, 0.5) is 23.1 Å². The SMILES string of the molecule is Cn1ccc(Nc2nc(NN)ccc2[N+](=O)[O-])n1. The second-order valence-corrected chi connectivity index (χ2v) is 3.47. The summed E-state index contributed by atoms with van der Waals surface area (Å²) in [6.45, 7) is 0. The number of nitro groups is 1. The Morgan fingerprint density at radius 3 is 2.72 bits per heavy atom. The molecule has 18 heavy (non-hydrogen) atoms. The Balaban J connectivity index is 2.37. The molecule has 2 aromatic heterocycles. The average molecular weight is 249 g/mol. The van der Waals surface area contributed by atoms with Crippen LogP contribution in [0.15, 0.2) is 24.4 Å². The number of nitrogens with zero attached hydrogens (tertiary/aromatic N) is 4. The molecule has 0 bridgehead atoms. The molecule has 94 valence electrons. The lowest BCUT2D eigenvalue weighted by molar-refractivity contribution is -0.384. The zero-order valence-corrected chi connectivity index (χ0v) is 9.49. The first kappa shape index (κ1) is 11.8. The van der Waals surface area contributed by atoms with Gasteiger partial charge in [-0.05, 0) is 6.07 Å². The summed E-state index contributed by atoms with van der Waals surface area (Å²) in [6, 6.07) is 4.41. The van der Waals surface area contributed by atoms with E-state index in [1.807, 2.05) is 0 Å². The molecule has 0 fully saturated rings. The summed E-state index contributed by atoms with van der Waals surface area (Å²) in [6.07, 6.45) is 1.71. The third kappa shape index (κ3) is 2.35. The average Bonchev–Trinajstić information content (AvgIpc) is 2.74. The Morgan fingerprint density at radius 2 is 2.17 bits per heavy atom. The van der Waals surface area contributed by atoms with E-state index in [0.29, 0.717) is 11.6 Å². The lowest BCUT2D eigenvalue weighted by atomic mass is 10.3. The topological polar surface area (TPSA) is 124 Å². The molecular weight excluding hydrogens is 238 g/mol. The van der Waals surface area contributed by atoms with Gasteiger partial charge < -0.3 is 10.7 Å². The van der Waals surface area contributed by atoms with E-state index in [9.17, 15) is 10.1 Å². The minimum Gasteiger partial charge on any atom is -0.318 e. The molecule has 0 spiro atoms. The first-order valence-electron chi connectivity index (χ1n) is 4.99. The summed E-state index contributed by atoms with van der Waals surface area (Å²) in [5.41, 5.74) is 2.17. The van der Waals surface area contributed by atoms with Crippen molar-refractivity contribution in [1.29, 1.82) is 0 Å². The Morgan fingerprint density at radius 1 is 1.39 bits per heavy atom. The van der Waals surface area contributed by atoms with Crippen molar-refractivity contribution in [3.05, 3.63) is 34.5 Å². The van der Waals surface area contributed by atoms with Crippen LogP contribution in [0, 0.1) is 10.1 Å². The highest BCUT2D eigenvalue weighted by Crippen LogP contribution is 2.26. The van der Waals surface area contributed by atoms with E-state index in [1.165, 1.54) is 12.1 Å². The number of rotatable bonds is 4. The Hall–Kier alpha value is -2.68. The smallest absolute Gasteiger partial charge is 0.311 e. The Kier molecular flexibility index (Phi) is 3.06. The number of hydrogen-bond donors (Lipinski definition) is 3. The molecule has 4 N–H and O–H groups in total. The zero-order valence-electron chi connectivity index (χ0n) is 9.49. The highest BCUT2D eigenvalue weighted by Gasteiger charge is 2.16. The number of anilines is 3. The number of nitrogens with two attached hydrogens (primary N) is 1. The fourth-order valence-corrected chi connectivity index (χ4v) is 1.37. The molecule has 0 amide bonds. The van der Waals surface area contributed by atoms with E-state index in [2.05, 4.69) is 20.8 Å². The molecule has 0 saturated carbocycles. The van der Waals surface area contributed by atoms with E-state index in [0.717, 1.165) is 0 Å². The summed E-state index contributed by atoms with van der Waals surface area (Å²) in [5.74, 6) is 6.07. The molecule has 9 nitrogen and oxygen atoms in total. The van der Waals surface area contributed by atoms with Gasteiger partial charge in [0.05, 0.1) is 4.92 Å². The molecule has 0 aliphatic heterocycles. The lowest BCUT2D eigenvalue weighted by Crippen LogP contribution is -2.10. The van der Waals surface area contributed by atoms with Gasteiger partial charge in [0.1, 0.15) is 5.82 Å². The molecule has 0 radical (unpaired) electrons. The van der Waals surface area contributed by atoms with Crippen LogP contribution in [-0.2, 0) is 7.05 Å². The molecule has 0 atom stereocenters. The summed E-state index contributed by atoms with van der Waals surface area (Å²) in [4.78, 5) is 14.3. The molecule has 2 heterocycles. The number of pyridine rings is 1. The minimum atomic E-state index is -0.529. The summed E-state index contributed by atoms with van der Waals surface area (Å²) in [7, 11) is 1.74. The van der Waals surface area contributed by atoms with Gasteiger partial charge in [0.15, 0.2) is 5.82 Å². The van der Waals surface area contributed by atoms with E-state index in [1.54, 1.807) is 24.0 Å². The van der Waals surface area contributed by atoms with E-state index >= 15 is 0 Å². The van der Waals surface area contributed by atoms with E-state index in [-0.39, 0.29) is 11.5 Å². The van der Waals surface area contributed by atoms with Crippen LogP contribution in [0.1, 0.15) is 0 Å². The minimum absolute atomic E-state index is 0.0779. The summed E-state index contributed by atoms with van der Waals surface area (Å²) >= 11 is 0. The maximum Gasteiger partial charge on any atom is 0.311 e. The van der Waals surface area contributed by atoms with Gasteiger partial charge in [-0.25, -0.2) is 10.8 Å². The van der Waals surface area contributed by atoms with Gasteiger partial charge in [-0.3, -0.25) is 14.8 Å². The van der Waals surface area contributed by atoms with Crippen LogP contribution in [0.25, 0.3) is 0 Å². The fraction of sp³-hybridized carbons (Fsp3) is 0.111. The fourth-order valence-electron chi connectivity index (χ4n) is 1.37. The third-order valence-electron chi connectivity index (χ3n) is 2.18. The predicted octanol–water partition coefficient (Wildman–Crippen LogP) is 0.752. The first-order valence-corrected chi connectivity index (χ1v) is 4.99. The van der Waals surface area contributed by atoms with Crippen LogP contribution in [0.2, 0.25) is 0 Å². The number of aromatic nitrogens is 3. The van der Waals surface area contributed by atoms with Gasteiger partial charge in [-0.15, -0.1) is 0 Å². The van der Waals surface area contributed by atoms with Crippen LogP contribution >= 0.6 is 0 Å². The van der Waals surface area contributed by atoms with Crippen molar-refractivity contribution in [3.8, 4) is 0 Å². The van der Waals surface area contributed by atoms with Crippen molar-refractivity contribution in [1.82, 2.24) is 14.8 Å². The Labute approximate surface area is 102 Å². The number of hydrogen-bond acceptors (Lipinski definition) is 7. The maximum absolute atomic E-state index is 10.9. The molecule has 9 heteroatoms. The number of nitrogen functional groups attached to an aromatic ring is 1. The molecule has 0 aliphatic carbocycles. The molecule has 2 rings (SSSR count). The summed E-state index contributed by atoms with van der Waals surface area (Å²) < 4.78 is 1.57. The molecule has 2 aromatic rings. The normalized spacial score (nSPS) is 10.1. The second kappa shape index (κ2) is 4.67. The van der Waals surface area contributed by atoms with Crippen molar-refractivity contribution in [2.24, 2.45) is 12.9 Å². The van der Waals surface area contributed by atoms with Crippen molar-refractivity contribution in [3.63, 3.8) is 0 Å². The Bertz CT molecular complexity index is 580. The molecule has 0 aromatic carbocycles. The van der Waals surface area contributed by atoms with Crippen LogP contribution in [0.5, 0.6) is 0 Å². The van der Waals surface area contributed by atoms with Crippen molar-refractivity contribution in [2.75, 3.05) is 10.7 Å². The largest absolute Gasteiger partial charge is 0.318 e. The van der Waals surface area contributed by atoms with Crippen LogP contribution < -0.4 is 16.6 Å². The maximum atomic E-state index is 10.9. The molecule has 0 saturated heterocycles. The zero-order chi connectivity index (χ0) is 13.1. The standard InChI is InChI=1S/C9H11N7O2/c1-15-5-4-8(14-15)12-9-6(16(17)18)2-3-7(11-9)13-10/h2-5H,10H2,1H3,(H2,11,12,13,14). The number of aryl methyl sites for hydroxylation is 1. The van der Waals surface area contributed by atoms with Gasteiger partial charge in [-0.2, -0.15) is 5.10 Å². The highest BCUT2D eigenvalue weighted by molar-refractivity contribution is 5.65. The van der Waals surface area contributed by atoms with E-state index in [4.69, 9.17) is 5.84 Å². The predicted molar refractivity (Wildman–Crippen MR) is 65.2 cm³/mol. The first-order chi connectivity index (χ1) is 8.60. The van der Waals surface area contributed by atoms with Crippen molar-refractivity contribution in [2.45, 2.75) is 0 Å². The molecule has 0 unspecified atom stereocenters. The van der Waals surface area contributed by atoms with Crippen molar-refractivity contribution >= 4 is 23.1 Å². The van der Waals surface area contributed by atoms with Gasteiger partial charge in [0, 0.05) is 25.4 Å². The number of nitrogens with one attached hydrogen (secondary N) is 2. The monoisotopic (exact) mass is 249 g/mol. The van der Waals surface area contributed by atoms with Crippen molar-refractivity contribution < 1.29 is 4.92 Å². The van der Waals surface area contributed by atoms with Gasteiger partial charge in [0.25, 0.3) is 0 Å².